The predicted molar refractivity (Wildman–Crippen MR) is 102 cm³/mol. The first-order valence-corrected chi connectivity index (χ1v) is 8.71. The molecule has 0 bridgehead atoms. The van der Waals surface area contributed by atoms with E-state index in [9.17, 15) is 9.59 Å². The van der Waals surface area contributed by atoms with Crippen LogP contribution in [0, 0.1) is 0 Å². The molecule has 0 radical (unpaired) electrons. The second-order valence-corrected chi connectivity index (χ2v) is 5.67. The number of hydrogen-bond acceptors (Lipinski definition) is 7. The minimum Gasteiger partial charge on any atom is -0.493 e. The van der Waals surface area contributed by atoms with Gasteiger partial charge >= 0.3 is 12.1 Å². The maximum atomic E-state index is 11.9. The standard InChI is InChI=1S/C18H26N2O6.ClH/c1-3-24-17(21)13-14-4-5-15(16(12-14)23-2)25-10-11-26-18(22)20-8-6-19-7-9-20;/h4-5,12,19H,3,6-11,13H2,1-2H3;1H. The molecule has 152 valence electrons. The van der Waals surface area contributed by atoms with E-state index in [0.29, 0.717) is 31.2 Å². The quantitative estimate of drug-likeness (QED) is 0.522. The van der Waals surface area contributed by atoms with Crippen LogP contribution >= 0.6 is 12.4 Å². The van der Waals surface area contributed by atoms with E-state index in [1.807, 2.05) is 0 Å². The van der Waals surface area contributed by atoms with Crippen molar-refractivity contribution in [2.75, 3.05) is 53.1 Å². The smallest absolute Gasteiger partial charge is 0.409 e. The lowest BCUT2D eigenvalue weighted by Crippen LogP contribution is -2.46. The molecule has 1 fully saturated rings. The van der Waals surface area contributed by atoms with Gasteiger partial charge in [0.25, 0.3) is 0 Å². The number of benzene rings is 1. The van der Waals surface area contributed by atoms with Crippen LogP contribution in [0.4, 0.5) is 4.79 Å². The number of esters is 1. The lowest BCUT2D eigenvalue weighted by molar-refractivity contribution is -0.142. The van der Waals surface area contributed by atoms with E-state index in [2.05, 4.69) is 5.32 Å². The Morgan fingerprint density at radius 1 is 1.11 bits per heavy atom. The summed E-state index contributed by atoms with van der Waals surface area (Å²) in [6.07, 6.45) is -0.154. The number of piperazine rings is 1. The van der Waals surface area contributed by atoms with Crippen molar-refractivity contribution in [1.82, 2.24) is 10.2 Å². The van der Waals surface area contributed by atoms with E-state index in [1.165, 1.54) is 7.11 Å². The molecule has 0 saturated carbocycles. The van der Waals surface area contributed by atoms with E-state index in [-0.39, 0.29) is 44.1 Å². The molecule has 1 aliphatic heterocycles. The van der Waals surface area contributed by atoms with Crippen molar-refractivity contribution in [1.29, 1.82) is 0 Å². The van der Waals surface area contributed by atoms with Gasteiger partial charge in [0.2, 0.25) is 0 Å². The van der Waals surface area contributed by atoms with Crippen LogP contribution in [-0.4, -0.2) is 70.1 Å². The SMILES string of the molecule is CCOC(=O)Cc1ccc(OCCOC(=O)N2CCNCC2)c(OC)c1.Cl. The maximum Gasteiger partial charge on any atom is 0.409 e. The number of hydrogen-bond donors (Lipinski definition) is 1. The highest BCUT2D eigenvalue weighted by molar-refractivity contribution is 5.85. The van der Waals surface area contributed by atoms with Crippen molar-refractivity contribution in [3.8, 4) is 11.5 Å². The molecule has 1 N–H and O–H groups in total. The molecule has 0 aliphatic carbocycles. The van der Waals surface area contributed by atoms with Crippen LogP contribution in [0.25, 0.3) is 0 Å². The van der Waals surface area contributed by atoms with Crippen molar-refractivity contribution in [2.45, 2.75) is 13.3 Å². The summed E-state index contributed by atoms with van der Waals surface area (Å²) in [6.45, 7) is 5.34. The zero-order chi connectivity index (χ0) is 18.8. The largest absolute Gasteiger partial charge is 0.493 e. The summed E-state index contributed by atoms with van der Waals surface area (Å²) in [7, 11) is 1.53. The maximum absolute atomic E-state index is 11.9. The third-order valence-corrected chi connectivity index (χ3v) is 3.82. The monoisotopic (exact) mass is 402 g/mol. The van der Waals surface area contributed by atoms with Gasteiger partial charge in [0.15, 0.2) is 11.5 Å². The molecule has 1 aromatic carbocycles. The molecule has 9 heteroatoms. The summed E-state index contributed by atoms with van der Waals surface area (Å²) in [5, 5.41) is 3.18. The van der Waals surface area contributed by atoms with Crippen molar-refractivity contribution in [3.05, 3.63) is 23.8 Å². The Bertz CT molecular complexity index is 608. The van der Waals surface area contributed by atoms with Crippen molar-refractivity contribution in [2.24, 2.45) is 0 Å². The van der Waals surface area contributed by atoms with E-state index < -0.39 is 0 Å². The van der Waals surface area contributed by atoms with Crippen LogP contribution in [0.1, 0.15) is 12.5 Å². The fourth-order valence-electron chi connectivity index (χ4n) is 2.54. The first-order valence-electron chi connectivity index (χ1n) is 8.71. The van der Waals surface area contributed by atoms with Gasteiger partial charge in [-0.05, 0) is 24.6 Å². The van der Waals surface area contributed by atoms with Crippen molar-refractivity contribution >= 4 is 24.5 Å². The lowest BCUT2D eigenvalue weighted by atomic mass is 10.1. The molecule has 2 rings (SSSR count). The van der Waals surface area contributed by atoms with Gasteiger partial charge in [0, 0.05) is 26.2 Å². The molecule has 1 aromatic rings. The fourth-order valence-corrected chi connectivity index (χ4v) is 2.54. The molecule has 0 spiro atoms. The van der Waals surface area contributed by atoms with E-state index in [1.54, 1.807) is 30.0 Å². The fraction of sp³-hybridized carbons (Fsp3) is 0.556. The Balaban J connectivity index is 0.00000364. The third kappa shape index (κ3) is 7.52. The van der Waals surface area contributed by atoms with Crippen LogP contribution in [-0.2, 0) is 20.7 Å². The van der Waals surface area contributed by atoms with Crippen LogP contribution in [0.3, 0.4) is 0 Å². The second-order valence-electron chi connectivity index (χ2n) is 5.67. The average Bonchev–Trinajstić information content (AvgIpc) is 2.66. The topological polar surface area (TPSA) is 86.3 Å². The molecule has 0 unspecified atom stereocenters. The van der Waals surface area contributed by atoms with Crippen LogP contribution in [0.15, 0.2) is 18.2 Å². The summed E-state index contributed by atoms with van der Waals surface area (Å²) in [6, 6.07) is 5.24. The number of halogens is 1. The van der Waals surface area contributed by atoms with Gasteiger partial charge in [0.05, 0.1) is 20.1 Å². The number of ether oxygens (including phenoxy) is 4. The Morgan fingerprint density at radius 3 is 2.52 bits per heavy atom. The number of rotatable bonds is 8. The van der Waals surface area contributed by atoms with Crippen LogP contribution in [0.5, 0.6) is 11.5 Å². The Hall–Kier alpha value is -2.19. The highest BCUT2D eigenvalue weighted by Crippen LogP contribution is 2.28. The highest BCUT2D eigenvalue weighted by atomic mass is 35.5. The molecule has 0 atom stereocenters. The van der Waals surface area contributed by atoms with Crippen LogP contribution < -0.4 is 14.8 Å². The number of carbonyl (C=O) groups excluding carboxylic acids is 2. The van der Waals surface area contributed by atoms with Gasteiger partial charge in [0.1, 0.15) is 13.2 Å². The van der Waals surface area contributed by atoms with E-state index in [4.69, 9.17) is 18.9 Å². The molecular weight excluding hydrogens is 376 g/mol. The number of methoxy groups -OCH3 is 1. The molecule has 1 amide bonds. The Labute approximate surface area is 165 Å². The van der Waals surface area contributed by atoms with Gasteiger partial charge in [-0.1, -0.05) is 6.07 Å². The highest BCUT2D eigenvalue weighted by Gasteiger charge is 2.17. The van der Waals surface area contributed by atoms with Crippen LogP contribution in [0.2, 0.25) is 0 Å². The Morgan fingerprint density at radius 2 is 1.85 bits per heavy atom. The summed E-state index contributed by atoms with van der Waals surface area (Å²) in [4.78, 5) is 25.1. The molecule has 8 nitrogen and oxygen atoms in total. The summed E-state index contributed by atoms with van der Waals surface area (Å²) >= 11 is 0. The molecular formula is C18H27ClN2O6. The van der Waals surface area contributed by atoms with E-state index >= 15 is 0 Å². The molecule has 1 heterocycles. The second kappa shape index (κ2) is 12.2. The molecule has 1 aliphatic rings. The zero-order valence-electron chi connectivity index (χ0n) is 15.7. The number of nitrogens with one attached hydrogen (secondary N) is 1. The van der Waals surface area contributed by atoms with Gasteiger partial charge in [-0.2, -0.15) is 0 Å². The first-order chi connectivity index (χ1) is 12.6. The van der Waals surface area contributed by atoms with Crippen molar-refractivity contribution < 1.29 is 28.5 Å². The minimum absolute atomic E-state index is 0. The lowest BCUT2D eigenvalue weighted by Gasteiger charge is -2.26. The number of amides is 1. The third-order valence-electron chi connectivity index (χ3n) is 3.82. The average molecular weight is 403 g/mol. The first kappa shape index (κ1) is 22.9. The summed E-state index contributed by atoms with van der Waals surface area (Å²) in [5.41, 5.74) is 0.776. The summed E-state index contributed by atoms with van der Waals surface area (Å²) < 4.78 is 21.1. The molecule has 1 saturated heterocycles. The zero-order valence-corrected chi connectivity index (χ0v) is 16.5. The Kier molecular flexibility index (Phi) is 10.4. The van der Waals surface area contributed by atoms with Crippen molar-refractivity contribution in [3.63, 3.8) is 0 Å². The minimum atomic E-state index is -0.327. The van der Waals surface area contributed by atoms with Gasteiger partial charge in [-0.15, -0.1) is 12.4 Å². The predicted octanol–water partition coefficient (Wildman–Crippen LogP) is 1.64. The van der Waals surface area contributed by atoms with E-state index in [0.717, 1.165) is 18.7 Å². The number of nitrogens with zero attached hydrogens (tertiary/aromatic N) is 1. The van der Waals surface area contributed by atoms with Gasteiger partial charge in [-0.25, -0.2) is 4.79 Å². The van der Waals surface area contributed by atoms with Gasteiger partial charge < -0.3 is 29.2 Å². The molecule has 27 heavy (non-hydrogen) atoms. The van der Waals surface area contributed by atoms with Gasteiger partial charge in [-0.3, -0.25) is 4.79 Å². The normalized spacial score (nSPS) is 13.3. The summed E-state index contributed by atoms with van der Waals surface area (Å²) in [5.74, 6) is 0.751. The number of carbonyl (C=O) groups is 2. The molecule has 0 aromatic heterocycles.